The van der Waals surface area contributed by atoms with Gasteiger partial charge >= 0.3 is 5.97 Å². The molecule has 0 radical (unpaired) electrons. The molecule has 1 aromatic rings. The van der Waals surface area contributed by atoms with Crippen LogP contribution in [0, 0.1) is 5.95 Å². The zero-order valence-electron chi connectivity index (χ0n) is 8.18. The molecule has 0 saturated heterocycles. The maximum absolute atomic E-state index is 12.6. The number of amides is 1. The molecule has 0 saturated carbocycles. The number of carbonyl (C=O) groups is 2. The van der Waals surface area contributed by atoms with Gasteiger partial charge in [-0.05, 0) is 12.1 Å². The van der Waals surface area contributed by atoms with Crippen molar-refractivity contribution in [2.24, 2.45) is 5.73 Å². The standard InChI is InChI=1S/C9H10FN3O3/c10-6-2-1-3-7(12-6)13-9(16)5(11)4-8(14)15/h1-3,5H,4,11H2,(H,14,15)(H,12,13,16). The van der Waals surface area contributed by atoms with Crippen molar-refractivity contribution < 1.29 is 19.1 Å². The number of nitrogens with zero attached hydrogens (tertiary/aromatic N) is 1. The predicted molar refractivity (Wildman–Crippen MR) is 53.1 cm³/mol. The smallest absolute Gasteiger partial charge is 0.305 e. The maximum Gasteiger partial charge on any atom is 0.305 e. The van der Waals surface area contributed by atoms with Crippen molar-refractivity contribution in [2.75, 3.05) is 5.32 Å². The Hall–Kier alpha value is -2.02. The molecule has 4 N–H and O–H groups in total. The van der Waals surface area contributed by atoms with Crippen LogP contribution in [-0.2, 0) is 9.59 Å². The molecule has 86 valence electrons. The second-order valence-corrected chi connectivity index (χ2v) is 3.04. The summed E-state index contributed by atoms with van der Waals surface area (Å²) in [6.45, 7) is 0. The second kappa shape index (κ2) is 5.17. The minimum absolute atomic E-state index is 0.00848. The molecule has 0 bridgehead atoms. The molecule has 1 rings (SSSR count). The van der Waals surface area contributed by atoms with Gasteiger partial charge in [-0.2, -0.15) is 4.39 Å². The summed E-state index contributed by atoms with van der Waals surface area (Å²) >= 11 is 0. The summed E-state index contributed by atoms with van der Waals surface area (Å²) in [4.78, 5) is 25.0. The maximum atomic E-state index is 12.6. The van der Waals surface area contributed by atoms with Crippen molar-refractivity contribution in [2.45, 2.75) is 12.5 Å². The predicted octanol–water partition coefficient (Wildman–Crippen LogP) is -0.0388. The molecule has 0 spiro atoms. The van der Waals surface area contributed by atoms with Gasteiger partial charge in [0.05, 0.1) is 12.5 Å². The van der Waals surface area contributed by atoms with Crippen molar-refractivity contribution in [1.29, 1.82) is 0 Å². The summed E-state index contributed by atoms with van der Waals surface area (Å²) in [6.07, 6.45) is -0.499. The Balaban J connectivity index is 2.60. The Morgan fingerprint density at radius 2 is 2.25 bits per heavy atom. The molecule has 1 aromatic heterocycles. The minimum atomic E-state index is -1.19. The monoisotopic (exact) mass is 227 g/mol. The van der Waals surface area contributed by atoms with Crippen molar-refractivity contribution in [3.63, 3.8) is 0 Å². The minimum Gasteiger partial charge on any atom is -0.481 e. The number of nitrogens with one attached hydrogen (secondary N) is 1. The van der Waals surface area contributed by atoms with Crippen molar-refractivity contribution in [3.05, 3.63) is 24.1 Å². The Bertz CT molecular complexity index is 411. The van der Waals surface area contributed by atoms with E-state index >= 15 is 0 Å². The first-order chi connectivity index (χ1) is 7.49. The van der Waals surface area contributed by atoms with E-state index in [9.17, 15) is 14.0 Å². The number of hydrogen-bond donors (Lipinski definition) is 3. The summed E-state index contributed by atoms with van der Waals surface area (Å²) in [7, 11) is 0. The summed E-state index contributed by atoms with van der Waals surface area (Å²) in [6, 6.07) is 2.66. The normalized spacial score (nSPS) is 11.9. The number of hydrogen-bond acceptors (Lipinski definition) is 4. The third-order valence-electron chi connectivity index (χ3n) is 1.70. The molecule has 0 aliphatic rings. The number of aromatic nitrogens is 1. The Labute approximate surface area is 90.3 Å². The van der Waals surface area contributed by atoms with E-state index in [1.54, 1.807) is 0 Å². The average Bonchev–Trinajstić information content (AvgIpc) is 2.16. The molecule has 0 aromatic carbocycles. The van der Waals surface area contributed by atoms with Gasteiger partial charge in [0.25, 0.3) is 0 Å². The molecule has 0 fully saturated rings. The van der Waals surface area contributed by atoms with Crippen LogP contribution in [0.1, 0.15) is 6.42 Å². The van der Waals surface area contributed by atoms with Crippen molar-refractivity contribution in [3.8, 4) is 0 Å². The lowest BCUT2D eigenvalue weighted by molar-refractivity contribution is -0.138. The van der Waals surface area contributed by atoms with Gasteiger partial charge in [-0.15, -0.1) is 0 Å². The average molecular weight is 227 g/mol. The highest BCUT2D eigenvalue weighted by Crippen LogP contribution is 2.04. The highest BCUT2D eigenvalue weighted by Gasteiger charge is 2.17. The van der Waals surface area contributed by atoms with Crippen LogP contribution < -0.4 is 11.1 Å². The molecule has 1 atom stereocenters. The molecule has 1 heterocycles. The number of anilines is 1. The van der Waals surface area contributed by atoms with Gasteiger partial charge in [0, 0.05) is 0 Å². The SMILES string of the molecule is NC(CC(=O)O)C(=O)Nc1cccc(F)n1. The van der Waals surface area contributed by atoms with E-state index in [4.69, 9.17) is 10.8 Å². The van der Waals surface area contributed by atoms with Crippen molar-refractivity contribution in [1.82, 2.24) is 4.98 Å². The quantitative estimate of drug-likeness (QED) is 0.626. The first-order valence-electron chi connectivity index (χ1n) is 4.40. The zero-order chi connectivity index (χ0) is 12.1. The summed E-state index contributed by atoms with van der Waals surface area (Å²) in [5.41, 5.74) is 5.29. The Kier molecular flexibility index (Phi) is 3.90. The fraction of sp³-hybridized carbons (Fsp3) is 0.222. The Morgan fingerprint density at radius 1 is 1.56 bits per heavy atom. The van der Waals surface area contributed by atoms with Crippen LogP contribution in [0.25, 0.3) is 0 Å². The number of halogens is 1. The van der Waals surface area contributed by atoms with Crippen LogP contribution in [0.4, 0.5) is 10.2 Å². The largest absolute Gasteiger partial charge is 0.481 e. The fourth-order valence-corrected chi connectivity index (χ4v) is 0.978. The van der Waals surface area contributed by atoms with E-state index in [-0.39, 0.29) is 5.82 Å². The number of aliphatic carboxylic acids is 1. The van der Waals surface area contributed by atoms with Crippen molar-refractivity contribution >= 4 is 17.7 Å². The van der Waals surface area contributed by atoms with Crippen LogP contribution in [0.2, 0.25) is 0 Å². The van der Waals surface area contributed by atoms with Gasteiger partial charge in [-0.1, -0.05) is 6.07 Å². The van der Waals surface area contributed by atoms with Crippen LogP contribution in [0.5, 0.6) is 0 Å². The highest BCUT2D eigenvalue weighted by atomic mass is 19.1. The van der Waals surface area contributed by atoms with Gasteiger partial charge in [-0.3, -0.25) is 9.59 Å². The number of carboxylic acids is 1. The van der Waals surface area contributed by atoms with Gasteiger partial charge < -0.3 is 16.2 Å². The number of rotatable bonds is 4. The van der Waals surface area contributed by atoms with Gasteiger partial charge in [0.2, 0.25) is 11.9 Å². The lowest BCUT2D eigenvalue weighted by Crippen LogP contribution is -2.37. The summed E-state index contributed by atoms with van der Waals surface area (Å²) in [5.74, 6) is -2.66. The Morgan fingerprint density at radius 3 is 2.81 bits per heavy atom. The van der Waals surface area contributed by atoms with Gasteiger partial charge in [0.15, 0.2) is 0 Å². The van der Waals surface area contributed by atoms with E-state index in [2.05, 4.69) is 10.3 Å². The molecule has 6 nitrogen and oxygen atoms in total. The number of carboxylic acid groups (broad SMARTS) is 1. The third kappa shape index (κ3) is 3.62. The van der Waals surface area contributed by atoms with E-state index in [1.165, 1.54) is 12.1 Å². The van der Waals surface area contributed by atoms with Gasteiger partial charge in [0.1, 0.15) is 5.82 Å². The lowest BCUT2D eigenvalue weighted by atomic mass is 10.2. The third-order valence-corrected chi connectivity index (χ3v) is 1.70. The number of nitrogens with two attached hydrogens (primary N) is 1. The molecule has 1 unspecified atom stereocenters. The number of pyridine rings is 1. The van der Waals surface area contributed by atoms with E-state index in [1.807, 2.05) is 0 Å². The molecule has 0 aliphatic carbocycles. The summed E-state index contributed by atoms with van der Waals surface area (Å²) < 4.78 is 12.6. The van der Waals surface area contributed by atoms with Crippen LogP contribution in [0.15, 0.2) is 18.2 Å². The van der Waals surface area contributed by atoms with Crippen LogP contribution in [-0.4, -0.2) is 28.0 Å². The number of carbonyl (C=O) groups excluding carboxylic acids is 1. The molecule has 16 heavy (non-hydrogen) atoms. The first kappa shape index (κ1) is 12.1. The second-order valence-electron chi connectivity index (χ2n) is 3.04. The lowest BCUT2D eigenvalue weighted by Gasteiger charge is -2.09. The highest BCUT2D eigenvalue weighted by molar-refractivity contribution is 5.95. The zero-order valence-corrected chi connectivity index (χ0v) is 8.18. The van der Waals surface area contributed by atoms with E-state index < -0.39 is 30.3 Å². The van der Waals surface area contributed by atoms with E-state index in [0.717, 1.165) is 6.07 Å². The first-order valence-corrected chi connectivity index (χ1v) is 4.40. The fourth-order valence-electron chi connectivity index (χ4n) is 0.978. The molecule has 0 aliphatic heterocycles. The molecular formula is C9H10FN3O3. The van der Waals surface area contributed by atoms with Crippen LogP contribution in [0.3, 0.4) is 0 Å². The topological polar surface area (TPSA) is 105 Å². The molecular weight excluding hydrogens is 217 g/mol. The summed E-state index contributed by atoms with van der Waals surface area (Å²) in [5, 5.41) is 10.6. The van der Waals surface area contributed by atoms with Gasteiger partial charge in [-0.25, -0.2) is 4.98 Å². The van der Waals surface area contributed by atoms with E-state index in [0.29, 0.717) is 0 Å². The molecule has 7 heteroatoms. The molecule has 1 amide bonds. The van der Waals surface area contributed by atoms with Crippen LogP contribution >= 0.6 is 0 Å².